The number of amides is 1. The Morgan fingerprint density at radius 3 is 2.11 bits per heavy atom. The maximum absolute atomic E-state index is 12.6. The number of rotatable bonds is 6. The van der Waals surface area contributed by atoms with Crippen LogP contribution in [0.5, 0.6) is 0 Å². The second-order valence-electron chi connectivity index (χ2n) is 5.99. The fourth-order valence-electron chi connectivity index (χ4n) is 2.46. The monoisotopic (exact) mass is 483 g/mol. The molecule has 5 heteroatoms. The Bertz CT molecular complexity index is 968. The predicted octanol–water partition coefficient (Wildman–Crippen LogP) is 4.81. The van der Waals surface area contributed by atoms with Gasteiger partial charge < -0.3 is 10.1 Å². The second-order valence-corrected chi connectivity index (χ2v) is 7.24. The SMILES string of the molecule is O=C(OCc1ccccc1)C(=Cc1ccccc1)NC(=O)c1ccc(I)cc1. The predicted molar refractivity (Wildman–Crippen MR) is 117 cm³/mol. The van der Waals surface area contributed by atoms with Crippen molar-refractivity contribution in [1.82, 2.24) is 5.32 Å². The van der Waals surface area contributed by atoms with Gasteiger partial charge in [-0.1, -0.05) is 60.7 Å². The van der Waals surface area contributed by atoms with Crippen LogP contribution in [-0.2, 0) is 16.1 Å². The maximum atomic E-state index is 12.6. The number of carbonyl (C=O) groups is 2. The largest absolute Gasteiger partial charge is 0.456 e. The molecule has 1 N–H and O–H groups in total. The molecule has 0 unspecified atom stereocenters. The smallest absolute Gasteiger partial charge is 0.355 e. The van der Waals surface area contributed by atoms with Gasteiger partial charge >= 0.3 is 5.97 Å². The molecule has 1 amide bonds. The lowest BCUT2D eigenvalue weighted by Crippen LogP contribution is -2.28. The van der Waals surface area contributed by atoms with E-state index < -0.39 is 5.97 Å². The molecule has 4 nitrogen and oxygen atoms in total. The molecule has 3 rings (SSSR count). The van der Waals surface area contributed by atoms with E-state index in [1.54, 1.807) is 18.2 Å². The molecule has 0 aliphatic heterocycles. The first-order valence-electron chi connectivity index (χ1n) is 8.66. The fraction of sp³-hybridized carbons (Fsp3) is 0.0435. The van der Waals surface area contributed by atoms with Gasteiger partial charge in [0.05, 0.1) is 0 Å². The van der Waals surface area contributed by atoms with Crippen molar-refractivity contribution >= 4 is 40.5 Å². The zero-order valence-electron chi connectivity index (χ0n) is 15.0. The fourth-order valence-corrected chi connectivity index (χ4v) is 2.82. The summed E-state index contributed by atoms with van der Waals surface area (Å²) in [6, 6.07) is 25.8. The standard InChI is InChI=1S/C23H18INO3/c24-20-13-11-19(12-14-20)22(26)25-21(15-17-7-3-1-4-8-17)23(27)28-16-18-9-5-2-6-10-18/h1-15H,16H2,(H,25,26). The Hall–Kier alpha value is -2.93. The Kier molecular flexibility index (Phi) is 6.97. The van der Waals surface area contributed by atoms with Gasteiger partial charge in [0.15, 0.2) is 0 Å². The van der Waals surface area contributed by atoms with E-state index in [2.05, 4.69) is 27.9 Å². The first kappa shape index (κ1) is 19.8. The van der Waals surface area contributed by atoms with Crippen LogP contribution in [0.4, 0.5) is 0 Å². The first-order chi connectivity index (χ1) is 13.6. The maximum Gasteiger partial charge on any atom is 0.355 e. The molecular formula is C23H18INO3. The van der Waals surface area contributed by atoms with Gasteiger partial charge in [-0.3, -0.25) is 4.79 Å². The average Bonchev–Trinajstić information content (AvgIpc) is 2.73. The number of nitrogens with one attached hydrogen (secondary N) is 1. The molecule has 0 bridgehead atoms. The van der Waals surface area contributed by atoms with E-state index in [-0.39, 0.29) is 18.2 Å². The van der Waals surface area contributed by atoms with E-state index in [1.165, 1.54) is 0 Å². The van der Waals surface area contributed by atoms with Crippen molar-refractivity contribution in [1.29, 1.82) is 0 Å². The van der Waals surface area contributed by atoms with Crippen molar-refractivity contribution in [2.24, 2.45) is 0 Å². The Morgan fingerprint density at radius 1 is 0.857 bits per heavy atom. The minimum absolute atomic E-state index is 0.0886. The molecule has 0 aliphatic carbocycles. The first-order valence-corrected chi connectivity index (χ1v) is 9.74. The lowest BCUT2D eigenvalue weighted by atomic mass is 10.1. The summed E-state index contributed by atoms with van der Waals surface area (Å²) >= 11 is 2.17. The molecule has 0 atom stereocenters. The molecule has 0 saturated carbocycles. The van der Waals surface area contributed by atoms with Gasteiger partial charge in [-0.25, -0.2) is 4.79 Å². The summed E-state index contributed by atoms with van der Waals surface area (Å²) in [7, 11) is 0. The third kappa shape index (κ3) is 5.79. The van der Waals surface area contributed by atoms with Gasteiger partial charge in [0, 0.05) is 9.13 Å². The van der Waals surface area contributed by atoms with Crippen LogP contribution >= 0.6 is 22.6 Å². The Balaban J connectivity index is 1.78. The van der Waals surface area contributed by atoms with E-state index in [0.717, 1.165) is 14.7 Å². The van der Waals surface area contributed by atoms with Gasteiger partial charge in [-0.15, -0.1) is 0 Å². The minimum atomic E-state index is -0.591. The molecule has 0 aromatic heterocycles. The van der Waals surface area contributed by atoms with Crippen molar-refractivity contribution in [2.75, 3.05) is 0 Å². The molecule has 3 aromatic rings. The summed E-state index contributed by atoms with van der Waals surface area (Å²) < 4.78 is 6.42. The van der Waals surface area contributed by atoms with Gasteiger partial charge in [-0.2, -0.15) is 0 Å². The molecule has 0 radical (unpaired) electrons. The normalized spacial score (nSPS) is 11.0. The van der Waals surface area contributed by atoms with Crippen LogP contribution in [0, 0.1) is 3.57 Å². The van der Waals surface area contributed by atoms with Crippen LogP contribution in [0.15, 0.2) is 90.6 Å². The summed E-state index contributed by atoms with van der Waals surface area (Å²) in [6.07, 6.45) is 1.61. The Labute approximate surface area is 177 Å². The van der Waals surface area contributed by atoms with Crippen LogP contribution in [0.1, 0.15) is 21.5 Å². The van der Waals surface area contributed by atoms with E-state index >= 15 is 0 Å². The molecule has 0 heterocycles. The van der Waals surface area contributed by atoms with Crippen LogP contribution in [-0.4, -0.2) is 11.9 Å². The van der Waals surface area contributed by atoms with Crippen molar-refractivity contribution in [3.8, 4) is 0 Å². The minimum Gasteiger partial charge on any atom is -0.456 e. The molecule has 0 saturated heterocycles. The highest BCUT2D eigenvalue weighted by Crippen LogP contribution is 2.11. The third-order valence-electron chi connectivity index (χ3n) is 3.90. The lowest BCUT2D eigenvalue weighted by molar-refractivity contribution is -0.140. The highest BCUT2D eigenvalue weighted by atomic mass is 127. The van der Waals surface area contributed by atoms with Crippen LogP contribution < -0.4 is 5.32 Å². The molecule has 0 spiro atoms. The van der Waals surface area contributed by atoms with Gasteiger partial charge in [0.1, 0.15) is 12.3 Å². The van der Waals surface area contributed by atoms with E-state index in [1.807, 2.05) is 72.8 Å². The van der Waals surface area contributed by atoms with E-state index in [9.17, 15) is 9.59 Å². The molecule has 28 heavy (non-hydrogen) atoms. The number of hydrogen-bond donors (Lipinski definition) is 1. The summed E-state index contributed by atoms with van der Waals surface area (Å²) in [5, 5.41) is 2.68. The summed E-state index contributed by atoms with van der Waals surface area (Å²) in [5.41, 5.74) is 2.22. The van der Waals surface area contributed by atoms with E-state index in [0.29, 0.717) is 5.56 Å². The number of ether oxygens (including phenoxy) is 1. The second kappa shape index (κ2) is 9.85. The van der Waals surface area contributed by atoms with Crippen molar-refractivity contribution < 1.29 is 14.3 Å². The summed E-state index contributed by atoms with van der Waals surface area (Å²) in [4.78, 5) is 25.2. The number of hydrogen-bond acceptors (Lipinski definition) is 3. The number of benzene rings is 3. The van der Waals surface area contributed by atoms with Gasteiger partial charge in [-0.05, 0) is 64.1 Å². The zero-order chi connectivity index (χ0) is 19.8. The van der Waals surface area contributed by atoms with Crippen molar-refractivity contribution in [3.63, 3.8) is 0 Å². The van der Waals surface area contributed by atoms with Crippen molar-refractivity contribution in [2.45, 2.75) is 6.61 Å². The van der Waals surface area contributed by atoms with Crippen LogP contribution in [0.25, 0.3) is 6.08 Å². The Morgan fingerprint density at radius 2 is 1.46 bits per heavy atom. The van der Waals surface area contributed by atoms with Crippen LogP contribution in [0.3, 0.4) is 0 Å². The molecule has 140 valence electrons. The van der Waals surface area contributed by atoms with Gasteiger partial charge in [0.25, 0.3) is 5.91 Å². The third-order valence-corrected chi connectivity index (χ3v) is 4.62. The van der Waals surface area contributed by atoms with E-state index in [4.69, 9.17) is 4.74 Å². The average molecular weight is 483 g/mol. The highest BCUT2D eigenvalue weighted by molar-refractivity contribution is 14.1. The van der Waals surface area contributed by atoms with Gasteiger partial charge in [0.2, 0.25) is 0 Å². The number of halogens is 1. The summed E-state index contributed by atoms with van der Waals surface area (Å²) in [6.45, 7) is 0.130. The summed E-state index contributed by atoms with van der Waals surface area (Å²) in [5.74, 6) is -0.957. The zero-order valence-corrected chi connectivity index (χ0v) is 17.1. The highest BCUT2D eigenvalue weighted by Gasteiger charge is 2.16. The lowest BCUT2D eigenvalue weighted by Gasteiger charge is -2.11. The quantitative estimate of drug-likeness (QED) is 0.311. The number of carbonyl (C=O) groups excluding carboxylic acids is 2. The van der Waals surface area contributed by atoms with Crippen molar-refractivity contribution in [3.05, 3.63) is 111 Å². The molecular weight excluding hydrogens is 465 g/mol. The molecule has 0 fully saturated rings. The molecule has 0 aliphatic rings. The number of esters is 1. The topological polar surface area (TPSA) is 55.4 Å². The van der Waals surface area contributed by atoms with Crippen LogP contribution in [0.2, 0.25) is 0 Å². The molecule has 3 aromatic carbocycles.